The molecule has 1 saturated heterocycles. The summed E-state index contributed by atoms with van der Waals surface area (Å²) < 4.78 is 11.3. The van der Waals surface area contributed by atoms with Gasteiger partial charge in [0, 0.05) is 43.6 Å². The van der Waals surface area contributed by atoms with Gasteiger partial charge in [0.25, 0.3) is 0 Å². The van der Waals surface area contributed by atoms with Crippen LogP contribution in [0.15, 0.2) is 48.5 Å². The van der Waals surface area contributed by atoms with E-state index in [-0.39, 0.29) is 30.4 Å². The third-order valence-electron chi connectivity index (χ3n) is 10.2. The number of hydrogen-bond donors (Lipinski definition) is 2. The number of carbonyl (C=O) groups is 2. The van der Waals surface area contributed by atoms with E-state index in [1.807, 2.05) is 15.9 Å². The molecule has 0 unspecified atom stereocenters. The van der Waals surface area contributed by atoms with Crippen molar-refractivity contribution in [3.8, 4) is 12.0 Å². The Balaban J connectivity index is 0.000000194. The largest absolute Gasteiger partial charge is 0.463 e. The first-order valence-electron chi connectivity index (χ1n) is 20.2. The fourth-order valence-electron chi connectivity index (χ4n) is 7.34. The molecule has 2 aromatic heterocycles. The normalized spacial score (nSPS) is 15.5. The highest BCUT2D eigenvalue weighted by molar-refractivity contribution is 5.92. The molecule has 5 heterocycles. The van der Waals surface area contributed by atoms with Gasteiger partial charge in [-0.3, -0.25) is 14.5 Å². The first kappa shape index (κ1) is 40.4. The van der Waals surface area contributed by atoms with E-state index in [2.05, 4.69) is 88.1 Å². The Hall–Kier alpha value is -5.30. The summed E-state index contributed by atoms with van der Waals surface area (Å²) in [6.07, 6.45) is 8.42. The van der Waals surface area contributed by atoms with Crippen molar-refractivity contribution in [3.63, 3.8) is 0 Å². The minimum atomic E-state index is 0.120. The lowest BCUT2D eigenvalue weighted by Crippen LogP contribution is -2.37. The van der Waals surface area contributed by atoms with E-state index in [9.17, 15) is 9.59 Å². The van der Waals surface area contributed by atoms with Crippen LogP contribution in [0.25, 0.3) is 0 Å². The summed E-state index contributed by atoms with van der Waals surface area (Å²) in [7, 11) is 0. The number of piperidine rings is 1. The molecule has 3 aliphatic heterocycles. The second-order valence-corrected chi connectivity index (χ2v) is 15.1. The molecule has 0 aliphatic carbocycles. The molecule has 3 aliphatic rings. The van der Waals surface area contributed by atoms with Crippen LogP contribution in [0.5, 0.6) is 12.0 Å². The number of Topliss-reactive ketones (excluding diaryl/α,β-unsaturated/α-hetero) is 2. The third-order valence-corrected chi connectivity index (χ3v) is 10.2. The van der Waals surface area contributed by atoms with E-state index in [0.29, 0.717) is 74.0 Å². The maximum atomic E-state index is 12.4. The molecule has 4 aromatic rings. The van der Waals surface area contributed by atoms with Gasteiger partial charge in [-0.05, 0) is 62.4 Å². The molecule has 4 N–H and O–H groups in total. The molecule has 2 aromatic carbocycles. The molecule has 0 saturated carbocycles. The Morgan fingerprint density at radius 3 is 1.62 bits per heavy atom. The van der Waals surface area contributed by atoms with E-state index >= 15 is 0 Å². The summed E-state index contributed by atoms with van der Waals surface area (Å²) in [6, 6.07) is 17.5. The van der Waals surface area contributed by atoms with Crippen molar-refractivity contribution in [2.45, 2.75) is 98.2 Å². The minimum absolute atomic E-state index is 0.120. The van der Waals surface area contributed by atoms with Crippen molar-refractivity contribution in [1.82, 2.24) is 24.8 Å². The SMILES string of the molecule is CCCCOc1nc(N)c2c(n1)N(Cc1cccc(C)c1)CC(=O)C2.CCCCOc1nc(N)c2c(n1)N(Cc1cccc(CN3CCCCC3)c1)CC(=O)C2. The van der Waals surface area contributed by atoms with Gasteiger partial charge in [-0.25, -0.2) is 0 Å². The molecule has 0 radical (unpaired) electrons. The van der Waals surface area contributed by atoms with Gasteiger partial charge in [-0.1, -0.05) is 87.2 Å². The van der Waals surface area contributed by atoms with Crippen LogP contribution >= 0.6 is 0 Å². The lowest BCUT2D eigenvalue weighted by Gasteiger charge is -2.30. The number of unbranched alkanes of at least 4 members (excludes halogenated alkanes) is 2. The van der Waals surface area contributed by atoms with Crippen LogP contribution in [0.1, 0.15) is 92.2 Å². The molecule has 0 atom stereocenters. The van der Waals surface area contributed by atoms with Gasteiger partial charge in [0.05, 0.1) is 26.3 Å². The predicted molar refractivity (Wildman–Crippen MR) is 220 cm³/mol. The zero-order valence-corrected chi connectivity index (χ0v) is 33.3. The van der Waals surface area contributed by atoms with Crippen molar-refractivity contribution < 1.29 is 19.1 Å². The zero-order valence-electron chi connectivity index (χ0n) is 33.3. The molecular formula is C43H57N9O4. The molecule has 56 heavy (non-hydrogen) atoms. The number of nitrogens with zero attached hydrogens (tertiary/aromatic N) is 7. The van der Waals surface area contributed by atoms with Gasteiger partial charge in [-0.15, -0.1) is 0 Å². The molecule has 0 spiro atoms. The summed E-state index contributed by atoms with van der Waals surface area (Å²) in [4.78, 5) is 48.7. The first-order chi connectivity index (χ1) is 27.2. The predicted octanol–water partition coefficient (Wildman–Crippen LogP) is 6.03. The van der Waals surface area contributed by atoms with Crippen LogP contribution in [-0.4, -0.2) is 75.8 Å². The number of nitrogens with two attached hydrogens (primary N) is 2. The highest BCUT2D eigenvalue weighted by Crippen LogP contribution is 2.32. The average molecular weight is 764 g/mol. The smallest absolute Gasteiger partial charge is 0.320 e. The second kappa shape index (κ2) is 19.5. The van der Waals surface area contributed by atoms with E-state index in [1.165, 1.54) is 49.0 Å². The average Bonchev–Trinajstić information content (AvgIpc) is 3.17. The van der Waals surface area contributed by atoms with Crippen molar-refractivity contribution in [2.24, 2.45) is 0 Å². The topological polar surface area (TPSA) is 166 Å². The van der Waals surface area contributed by atoms with Gasteiger partial charge in [0.2, 0.25) is 0 Å². The van der Waals surface area contributed by atoms with Gasteiger partial charge in [0.1, 0.15) is 23.3 Å². The van der Waals surface area contributed by atoms with E-state index in [4.69, 9.17) is 20.9 Å². The number of hydrogen-bond acceptors (Lipinski definition) is 13. The molecule has 13 heteroatoms. The summed E-state index contributed by atoms with van der Waals surface area (Å²) in [6.45, 7) is 12.6. The van der Waals surface area contributed by atoms with Crippen LogP contribution in [0, 0.1) is 6.92 Å². The van der Waals surface area contributed by atoms with Crippen molar-refractivity contribution in [3.05, 3.63) is 81.9 Å². The standard InChI is InChI=1S/C24H33N5O2.C19H24N4O2/c1-2-3-12-31-24-26-22(25)21-14-20(30)17-29(23(21)27-24)16-19-9-7-8-18(13-19)15-28-10-5-4-6-11-28;1-3-4-8-25-19-21-17(20)16-10-15(24)12-23(18(16)22-19)11-14-7-5-6-13(2)9-14/h7-9,13H,2-6,10-12,14-17H2,1H3,(H2,25,26,27);5-7,9H,3-4,8,10-12H2,1-2H3,(H2,20,21,22). The van der Waals surface area contributed by atoms with Crippen LogP contribution in [0.4, 0.5) is 23.3 Å². The van der Waals surface area contributed by atoms with Crippen molar-refractivity contribution in [1.29, 1.82) is 0 Å². The number of fused-ring (bicyclic) bond motifs is 2. The number of carbonyl (C=O) groups excluding carboxylic acids is 2. The maximum absolute atomic E-state index is 12.4. The molecule has 0 bridgehead atoms. The number of ether oxygens (including phenoxy) is 2. The molecule has 0 amide bonds. The molecular weight excluding hydrogens is 707 g/mol. The van der Waals surface area contributed by atoms with Crippen LogP contribution in [-0.2, 0) is 42.1 Å². The van der Waals surface area contributed by atoms with Crippen LogP contribution < -0.4 is 30.7 Å². The fourth-order valence-corrected chi connectivity index (χ4v) is 7.34. The summed E-state index contributed by atoms with van der Waals surface area (Å²) in [5, 5.41) is 0. The fraction of sp³-hybridized carbons (Fsp3) is 0.488. The maximum Gasteiger partial charge on any atom is 0.320 e. The summed E-state index contributed by atoms with van der Waals surface area (Å²) in [5.41, 5.74) is 18.5. The van der Waals surface area contributed by atoms with E-state index in [0.717, 1.165) is 43.6 Å². The number of aryl methyl sites for hydroxylation is 1. The Morgan fingerprint density at radius 2 is 1.12 bits per heavy atom. The second-order valence-electron chi connectivity index (χ2n) is 15.1. The van der Waals surface area contributed by atoms with Gasteiger partial charge >= 0.3 is 12.0 Å². The van der Waals surface area contributed by atoms with Crippen LogP contribution in [0.2, 0.25) is 0 Å². The van der Waals surface area contributed by atoms with Gasteiger partial charge in [-0.2, -0.15) is 19.9 Å². The third kappa shape index (κ3) is 10.9. The molecule has 1 fully saturated rings. The quantitative estimate of drug-likeness (QED) is 0.143. The lowest BCUT2D eigenvalue weighted by molar-refractivity contribution is -0.118. The Kier molecular flexibility index (Phi) is 14.1. The lowest BCUT2D eigenvalue weighted by atomic mass is 10.0. The van der Waals surface area contributed by atoms with Gasteiger partial charge in [0.15, 0.2) is 11.6 Å². The number of ketones is 2. The number of nitrogen functional groups attached to an aromatic ring is 2. The summed E-state index contributed by atoms with van der Waals surface area (Å²) >= 11 is 0. The number of aromatic nitrogens is 4. The van der Waals surface area contributed by atoms with Crippen LogP contribution in [0.3, 0.4) is 0 Å². The number of benzene rings is 2. The highest BCUT2D eigenvalue weighted by atomic mass is 16.5. The zero-order chi connectivity index (χ0) is 39.4. The van der Waals surface area contributed by atoms with Crippen molar-refractivity contribution >= 4 is 34.8 Å². The monoisotopic (exact) mass is 763 g/mol. The minimum Gasteiger partial charge on any atom is -0.463 e. The Bertz CT molecular complexity index is 1970. The van der Waals surface area contributed by atoms with E-state index in [1.54, 1.807) is 0 Å². The Morgan fingerprint density at radius 1 is 0.643 bits per heavy atom. The first-order valence-corrected chi connectivity index (χ1v) is 20.2. The van der Waals surface area contributed by atoms with E-state index < -0.39 is 0 Å². The number of likely N-dealkylation sites (tertiary alicyclic amines) is 1. The molecule has 298 valence electrons. The van der Waals surface area contributed by atoms with Gasteiger partial charge < -0.3 is 30.7 Å². The number of rotatable bonds is 14. The number of anilines is 4. The Labute approximate surface area is 330 Å². The molecule has 13 nitrogen and oxygen atoms in total. The highest BCUT2D eigenvalue weighted by Gasteiger charge is 2.29. The van der Waals surface area contributed by atoms with Crippen molar-refractivity contribution in [2.75, 3.05) is 60.7 Å². The molecule has 7 rings (SSSR count). The summed E-state index contributed by atoms with van der Waals surface area (Å²) in [5.74, 6) is 2.36.